The van der Waals surface area contributed by atoms with Crippen LogP contribution in [0.5, 0.6) is 0 Å². The van der Waals surface area contributed by atoms with Crippen molar-refractivity contribution in [1.82, 2.24) is 0 Å². The largest absolute Gasteiger partial charge is 0.313 e. The van der Waals surface area contributed by atoms with E-state index in [-0.39, 0.29) is 0 Å². The summed E-state index contributed by atoms with van der Waals surface area (Å²) in [6, 6.07) is 17.4. The Kier molecular flexibility index (Phi) is 4.89. The fourth-order valence-electron chi connectivity index (χ4n) is 1.84. The Labute approximate surface area is 118 Å². The molecule has 0 heterocycles. The number of rotatable bonds is 6. The Hall–Kier alpha value is -2.62. The standard InChI is InChI=1S/C16H17N3O/c1-2-19(13-20)16-11-7-6-10-15(16)18-17-12-14-8-4-3-5-9-14/h3-13,18H,2H2,1H3/b17-12+. The van der Waals surface area contributed by atoms with Crippen molar-refractivity contribution in [3.63, 3.8) is 0 Å². The third-order valence-corrected chi connectivity index (χ3v) is 2.88. The first-order valence-corrected chi connectivity index (χ1v) is 6.50. The van der Waals surface area contributed by atoms with Crippen LogP contribution in [0.25, 0.3) is 0 Å². The highest BCUT2D eigenvalue weighted by Gasteiger charge is 2.07. The quantitative estimate of drug-likeness (QED) is 0.496. The molecule has 0 aromatic heterocycles. The topological polar surface area (TPSA) is 44.7 Å². The Bertz CT molecular complexity index is 581. The van der Waals surface area contributed by atoms with Crippen LogP contribution in [0, 0.1) is 0 Å². The Balaban J connectivity index is 2.13. The fraction of sp³-hybridized carbons (Fsp3) is 0.125. The van der Waals surface area contributed by atoms with Gasteiger partial charge in [0.2, 0.25) is 6.41 Å². The molecule has 0 aliphatic carbocycles. The average Bonchev–Trinajstić information content (AvgIpc) is 2.51. The summed E-state index contributed by atoms with van der Waals surface area (Å²) < 4.78 is 0. The second-order valence-corrected chi connectivity index (χ2v) is 4.19. The van der Waals surface area contributed by atoms with Crippen LogP contribution in [0.1, 0.15) is 12.5 Å². The molecule has 1 N–H and O–H groups in total. The maximum absolute atomic E-state index is 11.0. The van der Waals surface area contributed by atoms with Gasteiger partial charge in [0, 0.05) is 6.54 Å². The minimum atomic E-state index is 0.616. The Morgan fingerprint density at radius 1 is 1.10 bits per heavy atom. The van der Waals surface area contributed by atoms with Crippen LogP contribution in [0.15, 0.2) is 59.7 Å². The third-order valence-electron chi connectivity index (χ3n) is 2.88. The van der Waals surface area contributed by atoms with E-state index in [4.69, 9.17) is 0 Å². The van der Waals surface area contributed by atoms with E-state index in [1.54, 1.807) is 11.1 Å². The monoisotopic (exact) mass is 267 g/mol. The summed E-state index contributed by atoms with van der Waals surface area (Å²) in [5.41, 5.74) is 5.61. The number of para-hydroxylation sites is 2. The molecule has 0 atom stereocenters. The van der Waals surface area contributed by atoms with Crippen molar-refractivity contribution in [2.45, 2.75) is 6.92 Å². The van der Waals surface area contributed by atoms with E-state index in [9.17, 15) is 4.79 Å². The van der Waals surface area contributed by atoms with Crippen molar-refractivity contribution in [2.75, 3.05) is 16.9 Å². The lowest BCUT2D eigenvalue weighted by atomic mass is 10.2. The fourth-order valence-corrected chi connectivity index (χ4v) is 1.84. The molecule has 2 aromatic rings. The van der Waals surface area contributed by atoms with Crippen LogP contribution in [-0.4, -0.2) is 19.2 Å². The van der Waals surface area contributed by atoms with Gasteiger partial charge in [0.1, 0.15) is 0 Å². The Morgan fingerprint density at radius 3 is 2.50 bits per heavy atom. The summed E-state index contributed by atoms with van der Waals surface area (Å²) >= 11 is 0. The van der Waals surface area contributed by atoms with Crippen molar-refractivity contribution < 1.29 is 4.79 Å². The first-order valence-electron chi connectivity index (χ1n) is 6.50. The van der Waals surface area contributed by atoms with Gasteiger partial charge < -0.3 is 4.90 Å². The minimum absolute atomic E-state index is 0.616. The molecule has 0 fully saturated rings. The predicted molar refractivity (Wildman–Crippen MR) is 83.2 cm³/mol. The van der Waals surface area contributed by atoms with Gasteiger partial charge in [-0.1, -0.05) is 42.5 Å². The van der Waals surface area contributed by atoms with E-state index in [1.165, 1.54) is 0 Å². The smallest absolute Gasteiger partial charge is 0.214 e. The lowest BCUT2D eigenvalue weighted by Crippen LogP contribution is -2.21. The molecule has 102 valence electrons. The van der Waals surface area contributed by atoms with E-state index < -0.39 is 0 Å². The first-order chi connectivity index (χ1) is 9.85. The summed E-state index contributed by atoms with van der Waals surface area (Å²) in [6.07, 6.45) is 2.56. The molecule has 0 spiro atoms. The van der Waals surface area contributed by atoms with Crippen LogP contribution in [0.3, 0.4) is 0 Å². The second kappa shape index (κ2) is 7.09. The molecule has 2 rings (SSSR count). The van der Waals surface area contributed by atoms with Gasteiger partial charge in [-0.2, -0.15) is 5.10 Å². The molecule has 0 aliphatic rings. The molecule has 2 aromatic carbocycles. The molecular formula is C16H17N3O. The van der Waals surface area contributed by atoms with Crippen molar-refractivity contribution in [1.29, 1.82) is 0 Å². The molecule has 0 aliphatic heterocycles. The molecular weight excluding hydrogens is 250 g/mol. The number of hydrazone groups is 1. The van der Waals surface area contributed by atoms with Crippen LogP contribution >= 0.6 is 0 Å². The molecule has 1 amide bonds. The summed E-state index contributed by atoms with van der Waals surface area (Å²) in [7, 11) is 0. The normalized spacial score (nSPS) is 10.4. The first kappa shape index (κ1) is 13.8. The molecule has 0 radical (unpaired) electrons. The maximum atomic E-state index is 11.0. The van der Waals surface area contributed by atoms with Crippen LogP contribution in [-0.2, 0) is 4.79 Å². The lowest BCUT2D eigenvalue weighted by Gasteiger charge is -2.18. The Morgan fingerprint density at radius 2 is 1.80 bits per heavy atom. The zero-order chi connectivity index (χ0) is 14.2. The second-order valence-electron chi connectivity index (χ2n) is 4.19. The molecule has 0 saturated heterocycles. The summed E-state index contributed by atoms with van der Waals surface area (Å²) in [4.78, 5) is 12.7. The molecule has 20 heavy (non-hydrogen) atoms. The number of nitrogens with zero attached hydrogens (tertiary/aromatic N) is 2. The summed E-state index contributed by atoms with van der Waals surface area (Å²) in [6.45, 7) is 2.54. The van der Waals surface area contributed by atoms with Crippen LogP contribution in [0.4, 0.5) is 11.4 Å². The minimum Gasteiger partial charge on any atom is -0.313 e. The number of benzene rings is 2. The van der Waals surface area contributed by atoms with Crippen molar-refractivity contribution >= 4 is 24.0 Å². The van der Waals surface area contributed by atoms with E-state index in [0.29, 0.717) is 6.54 Å². The highest BCUT2D eigenvalue weighted by atomic mass is 16.1. The van der Waals surface area contributed by atoms with Gasteiger partial charge in [-0.15, -0.1) is 0 Å². The lowest BCUT2D eigenvalue weighted by molar-refractivity contribution is -0.107. The van der Waals surface area contributed by atoms with Gasteiger partial charge in [-0.25, -0.2) is 0 Å². The van der Waals surface area contributed by atoms with Gasteiger partial charge in [-0.05, 0) is 24.6 Å². The van der Waals surface area contributed by atoms with Gasteiger partial charge >= 0.3 is 0 Å². The van der Waals surface area contributed by atoms with Crippen molar-refractivity contribution in [2.24, 2.45) is 5.10 Å². The number of carbonyl (C=O) groups excluding carboxylic acids is 1. The van der Waals surface area contributed by atoms with Crippen molar-refractivity contribution in [3.05, 3.63) is 60.2 Å². The number of amides is 1. The average molecular weight is 267 g/mol. The summed E-state index contributed by atoms with van der Waals surface area (Å²) in [5.74, 6) is 0. The zero-order valence-electron chi connectivity index (χ0n) is 11.4. The van der Waals surface area contributed by atoms with Crippen molar-refractivity contribution in [3.8, 4) is 0 Å². The van der Waals surface area contributed by atoms with Gasteiger partial charge in [0.05, 0.1) is 17.6 Å². The summed E-state index contributed by atoms with van der Waals surface area (Å²) in [5, 5.41) is 4.21. The van der Waals surface area contributed by atoms with Gasteiger partial charge in [0.15, 0.2) is 0 Å². The third kappa shape index (κ3) is 3.45. The number of hydrogen-bond acceptors (Lipinski definition) is 3. The van der Waals surface area contributed by atoms with E-state index in [2.05, 4.69) is 10.5 Å². The molecule has 0 saturated carbocycles. The van der Waals surface area contributed by atoms with E-state index in [1.807, 2.05) is 61.5 Å². The number of nitrogens with one attached hydrogen (secondary N) is 1. The highest BCUT2D eigenvalue weighted by molar-refractivity contribution is 5.84. The number of anilines is 2. The predicted octanol–water partition coefficient (Wildman–Crippen LogP) is 3.12. The highest BCUT2D eigenvalue weighted by Crippen LogP contribution is 2.24. The van der Waals surface area contributed by atoms with Crippen LogP contribution < -0.4 is 10.3 Å². The maximum Gasteiger partial charge on any atom is 0.214 e. The zero-order valence-corrected chi connectivity index (χ0v) is 11.4. The van der Waals surface area contributed by atoms with Gasteiger partial charge in [-0.3, -0.25) is 10.2 Å². The van der Waals surface area contributed by atoms with E-state index >= 15 is 0 Å². The number of carbonyl (C=O) groups is 1. The van der Waals surface area contributed by atoms with Gasteiger partial charge in [0.25, 0.3) is 0 Å². The molecule has 0 bridgehead atoms. The molecule has 4 heteroatoms. The molecule has 0 unspecified atom stereocenters. The SMILES string of the molecule is CCN(C=O)c1ccccc1N/N=C/c1ccccc1. The van der Waals surface area contributed by atoms with Crippen LogP contribution in [0.2, 0.25) is 0 Å². The number of hydrogen-bond donors (Lipinski definition) is 1. The van der Waals surface area contributed by atoms with E-state index in [0.717, 1.165) is 23.3 Å². The molecule has 4 nitrogen and oxygen atoms in total.